The molecule has 2 aromatic heterocycles. The summed E-state index contributed by atoms with van der Waals surface area (Å²) in [7, 11) is 0. The van der Waals surface area contributed by atoms with E-state index in [1.807, 2.05) is 0 Å². The Hall–Kier alpha value is -3.29. The minimum absolute atomic E-state index is 0.0104. The Kier molecular flexibility index (Phi) is 3.26. The summed E-state index contributed by atoms with van der Waals surface area (Å²) in [6, 6.07) is 9.49. The second-order valence-electron chi connectivity index (χ2n) is 4.63. The molecule has 0 saturated heterocycles. The topological polar surface area (TPSA) is 111 Å². The van der Waals surface area contributed by atoms with E-state index in [2.05, 4.69) is 10.1 Å². The van der Waals surface area contributed by atoms with Crippen LogP contribution >= 0.6 is 0 Å². The van der Waals surface area contributed by atoms with Crippen molar-refractivity contribution in [2.75, 3.05) is 0 Å². The number of aliphatic carboxylic acids is 1. The summed E-state index contributed by atoms with van der Waals surface area (Å²) in [4.78, 5) is 25.0. The molecule has 0 fully saturated rings. The zero-order chi connectivity index (χ0) is 15.7. The van der Waals surface area contributed by atoms with Crippen molar-refractivity contribution in [3.8, 4) is 11.3 Å². The molecule has 3 rings (SSSR count). The highest BCUT2D eigenvalue weighted by Crippen LogP contribution is 2.21. The number of benzene rings is 1. The molecule has 0 atom stereocenters. The Morgan fingerprint density at radius 3 is 2.59 bits per heavy atom. The average Bonchev–Trinajstić information content (AvgIpc) is 2.87. The van der Waals surface area contributed by atoms with E-state index in [-0.39, 0.29) is 12.1 Å². The van der Waals surface area contributed by atoms with Gasteiger partial charge >= 0.3 is 5.97 Å². The third kappa shape index (κ3) is 2.62. The molecule has 1 aromatic carbocycles. The van der Waals surface area contributed by atoms with Crippen LogP contribution in [0.25, 0.3) is 16.9 Å². The van der Waals surface area contributed by atoms with Crippen LogP contribution in [0, 0.1) is 10.1 Å². The van der Waals surface area contributed by atoms with Gasteiger partial charge in [0, 0.05) is 17.7 Å². The highest BCUT2D eigenvalue weighted by atomic mass is 16.6. The first kappa shape index (κ1) is 13.7. The van der Waals surface area contributed by atoms with Crippen molar-refractivity contribution in [2.45, 2.75) is 6.42 Å². The van der Waals surface area contributed by atoms with Crippen molar-refractivity contribution < 1.29 is 14.8 Å². The van der Waals surface area contributed by atoms with Crippen molar-refractivity contribution in [3.63, 3.8) is 0 Å². The van der Waals surface area contributed by atoms with E-state index in [9.17, 15) is 14.9 Å². The fourth-order valence-corrected chi connectivity index (χ4v) is 2.08. The van der Waals surface area contributed by atoms with Crippen molar-refractivity contribution in [3.05, 3.63) is 58.4 Å². The third-order valence-electron chi connectivity index (χ3n) is 3.08. The molecule has 0 bridgehead atoms. The van der Waals surface area contributed by atoms with Crippen LogP contribution in [0.3, 0.4) is 0 Å². The quantitative estimate of drug-likeness (QED) is 0.582. The third-order valence-corrected chi connectivity index (χ3v) is 3.08. The van der Waals surface area contributed by atoms with Gasteiger partial charge in [-0.05, 0) is 24.3 Å². The fraction of sp³-hybridized carbons (Fsp3) is 0.0714. The second kappa shape index (κ2) is 5.24. The number of carboxylic acid groups (broad SMARTS) is 1. The Morgan fingerprint density at radius 1 is 1.23 bits per heavy atom. The van der Waals surface area contributed by atoms with E-state index in [4.69, 9.17) is 5.11 Å². The van der Waals surface area contributed by atoms with E-state index < -0.39 is 10.9 Å². The van der Waals surface area contributed by atoms with Crippen LogP contribution in [0.5, 0.6) is 0 Å². The minimum Gasteiger partial charge on any atom is -0.481 e. The Labute approximate surface area is 123 Å². The SMILES string of the molecule is O=C(O)Cc1cn2nc(-c3ccc([N+](=O)[O-])cc3)ccc2n1. The normalized spacial score (nSPS) is 10.7. The zero-order valence-electron chi connectivity index (χ0n) is 11.2. The van der Waals surface area contributed by atoms with Gasteiger partial charge in [0.05, 0.1) is 28.9 Å². The first-order valence-electron chi connectivity index (χ1n) is 6.35. The zero-order valence-corrected chi connectivity index (χ0v) is 11.2. The van der Waals surface area contributed by atoms with Gasteiger partial charge in [-0.25, -0.2) is 9.50 Å². The maximum absolute atomic E-state index is 10.7. The number of nitro groups is 1. The van der Waals surface area contributed by atoms with E-state index in [0.717, 1.165) is 5.56 Å². The first-order valence-corrected chi connectivity index (χ1v) is 6.35. The molecule has 0 aliphatic rings. The highest BCUT2D eigenvalue weighted by Gasteiger charge is 2.09. The maximum Gasteiger partial charge on any atom is 0.309 e. The Balaban J connectivity index is 1.97. The number of non-ortho nitro benzene ring substituents is 1. The van der Waals surface area contributed by atoms with Crippen LogP contribution in [-0.2, 0) is 11.2 Å². The molecule has 110 valence electrons. The molecule has 0 amide bonds. The number of hydrogen-bond donors (Lipinski definition) is 1. The number of fused-ring (bicyclic) bond motifs is 1. The predicted octanol–water partition coefficient (Wildman–Crippen LogP) is 1.93. The van der Waals surface area contributed by atoms with Gasteiger partial charge in [-0.15, -0.1) is 0 Å². The molecular formula is C14H10N4O4. The summed E-state index contributed by atoms with van der Waals surface area (Å²) in [6.45, 7) is 0. The molecule has 0 aliphatic carbocycles. The lowest BCUT2D eigenvalue weighted by molar-refractivity contribution is -0.384. The Bertz CT molecular complexity index is 870. The van der Waals surface area contributed by atoms with Gasteiger partial charge in [0.2, 0.25) is 0 Å². The largest absolute Gasteiger partial charge is 0.481 e. The predicted molar refractivity (Wildman–Crippen MR) is 76.4 cm³/mol. The maximum atomic E-state index is 10.7. The number of carboxylic acids is 1. The number of carbonyl (C=O) groups is 1. The van der Waals surface area contributed by atoms with Crippen molar-refractivity contribution >= 4 is 17.3 Å². The molecule has 0 unspecified atom stereocenters. The van der Waals surface area contributed by atoms with Gasteiger partial charge in [0.25, 0.3) is 5.69 Å². The van der Waals surface area contributed by atoms with Gasteiger partial charge in [-0.1, -0.05) is 0 Å². The summed E-state index contributed by atoms with van der Waals surface area (Å²) < 4.78 is 1.50. The molecule has 22 heavy (non-hydrogen) atoms. The standard InChI is InChI=1S/C14H10N4O4/c19-14(20)7-10-8-17-13(15-10)6-5-12(16-17)9-1-3-11(4-2-9)18(21)22/h1-6,8H,7H2,(H,19,20). The van der Waals surface area contributed by atoms with Crippen molar-refractivity contribution in [1.29, 1.82) is 0 Å². The minimum atomic E-state index is -0.959. The van der Waals surface area contributed by atoms with Crippen LogP contribution in [0.15, 0.2) is 42.6 Å². The van der Waals surface area contributed by atoms with Crippen molar-refractivity contribution in [1.82, 2.24) is 14.6 Å². The lowest BCUT2D eigenvalue weighted by Gasteiger charge is -2.01. The molecular weight excluding hydrogens is 288 g/mol. The van der Waals surface area contributed by atoms with Crippen LogP contribution in [0.4, 0.5) is 5.69 Å². The number of imidazole rings is 1. The lowest BCUT2D eigenvalue weighted by atomic mass is 10.1. The van der Waals surface area contributed by atoms with E-state index in [1.165, 1.54) is 16.6 Å². The van der Waals surface area contributed by atoms with Crippen LogP contribution < -0.4 is 0 Å². The number of aromatic nitrogens is 3. The van der Waals surface area contributed by atoms with Gasteiger partial charge < -0.3 is 5.11 Å². The van der Waals surface area contributed by atoms with E-state index in [1.54, 1.807) is 30.5 Å². The molecule has 2 heterocycles. The molecule has 8 nitrogen and oxygen atoms in total. The molecule has 8 heteroatoms. The van der Waals surface area contributed by atoms with Gasteiger partial charge in [0.15, 0.2) is 5.65 Å². The van der Waals surface area contributed by atoms with Gasteiger partial charge in [-0.2, -0.15) is 5.10 Å². The average molecular weight is 298 g/mol. The molecule has 0 saturated carbocycles. The number of rotatable bonds is 4. The van der Waals surface area contributed by atoms with Gasteiger partial charge in [0.1, 0.15) is 0 Å². The lowest BCUT2D eigenvalue weighted by Crippen LogP contribution is -1.99. The molecule has 0 radical (unpaired) electrons. The summed E-state index contributed by atoms with van der Waals surface area (Å²) in [5.74, 6) is -0.959. The van der Waals surface area contributed by atoms with Crippen LogP contribution in [0.2, 0.25) is 0 Å². The van der Waals surface area contributed by atoms with Crippen LogP contribution in [0.1, 0.15) is 5.69 Å². The summed E-state index contributed by atoms with van der Waals surface area (Å²) in [6.07, 6.45) is 1.38. The Morgan fingerprint density at radius 2 is 1.95 bits per heavy atom. The molecule has 1 N–H and O–H groups in total. The number of nitro benzene ring substituents is 1. The molecule has 0 aliphatic heterocycles. The molecule has 3 aromatic rings. The summed E-state index contributed by atoms with van der Waals surface area (Å²) in [5.41, 5.74) is 2.31. The smallest absolute Gasteiger partial charge is 0.309 e. The summed E-state index contributed by atoms with van der Waals surface area (Å²) >= 11 is 0. The monoisotopic (exact) mass is 298 g/mol. The molecule has 0 spiro atoms. The van der Waals surface area contributed by atoms with Gasteiger partial charge in [-0.3, -0.25) is 14.9 Å². The van der Waals surface area contributed by atoms with Crippen molar-refractivity contribution in [2.24, 2.45) is 0 Å². The first-order chi connectivity index (χ1) is 10.5. The summed E-state index contributed by atoms with van der Waals surface area (Å²) in [5, 5.41) is 23.8. The second-order valence-corrected chi connectivity index (χ2v) is 4.63. The van der Waals surface area contributed by atoms with Crippen LogP contribution in [-0.4, -0.2) is 30.6 Å². The fourth-order valence-electron chi connectivity index (χ4n) is 2.08. The number of hydrogen-bond acceptors (Lipinski definition) is 5. The van der Waals surface area contributed by atoms with E-state index >= 15 is 0 Å². The highest BCUT2D eigenvalue weighted by molar-refractivity contribution is 5.70. The van der Waals surface area contributed by atoms with E-state index in [0.29, 0.717) is 17.0 Å². The number of nitrogens with zero attached hydrogens (tertiary/aromatic N) is 4.